The molecule has 2 unspecified atom stereocenters. The van der Waals surface area contributed by atoms with Gasteiger partial charge in [0, 0.05) is 19.7 Å². The lowest BCUT2D eigenvalue weighted by Gasteiger charge is -2.37. The fourth-order valence-electron chi connectivity index (χ4n) is 2.18. The molecule has 2 rings (SSSR count). The molecule has 17 heavy (non-hydrogen) atoms. The number of carbonyl (C=O) groups is 2. The quantitative estimate of drug-likeness (QED) is 0.745. The van der Waals surface area contributed by atoms with E-state index in [4.69, 9.17) is 9.84 Å². The molecule has 0 radical (unpaired) electrons. The Kier molecular flexibility index (Phi) is 3.51. The Morgan fingerprint density at radius 3 is 2.71 bits per heavy atom. The standard InChI is InChI=1S/C11H18N2O4/c1-7(9-3-2-4-17-9)12-11(16)13-5-8(6-13)10(14)15/h7-9H,2-6H2,1H3,(H,12,16)(H,14,15). The van der Waals surface area contributed by atoms with Gasteiger partial charge < -0.3 is 20.1 Å². The molecular formula is C11H18N2O4. The molecule has 2 amide bonds. The second-order valence-corrected chi connectivity index (χ2v) is 4.73. The van der Waals surface area contributed by atoms with Crippen molar-refractivity contribution in [3.05, 3.63) is 0 Å². The minimum Gasteiger partial charge on any atom is -0.481 e. The van der Waals surface area contributed by atoms with E-state index in [1.54, 1.807) is 0 Å². The van der Waals surface area contributed by atoms with E-state index in [2.05, 4.69) is 5.32 Å². The highest BCUT2D eigenvalue weighted by Gasteiger charge is 2.36. The first kappa shape index (κ1) is 12.2. The number of nitrogens with zero attached hydrogens (tertiary/aromatic N) is 1. The van der Waals surface area contributed by atoms with E-state index in [1.165, 1.54) is 4.90 Å². The van der Waals surface area contributed by atoms with E-state index < -0.39 is 11.9 Å². The molecule has 2 aliphatic rings. The van der Waals surface area contributed by atoms with Crippen molar-refractivity contribution in [2.45, 2.75) is 31.9 Å². The van der Waals surface area contributed by atoms with E-state index in [0.717, 1.165) is 19.4 Å². The summed E-state index contributed by atoms with van der Waals surface area (Å²) >= 11 is 0. The maximum atomic E-state index is 11.7. The van der Waals surface area contributed by atoms with Crippen LogP contribution >= 0.6 is 0 Å². The van der Waals surface area contributed by atoms with Crippen molar-refractivity contribution in [3.8, 4) is 0 Å². The molecule has 2 saturated heterocycles. The number of carboxylic acid groups (broad SMARTS) is 1. The summed E-state index contributed by atoms with van der Waals surface area (Å²) in [6.45, 7) is 3.29. The third-order valence-corrected chi connectivity index (χ3v) is 3.39. The number of likely N-dealkylation sites (tertiary alicyclic amines) is 1. The van der Waals surface area contributed by atoms with E-state index >= 15 is 0 Å². The highest BCUT2D eigenvalue weighted by atomic mass is 16.5. The lowest BCUT2D eigenvalue weighted by atomic mass is 10.0. The van der Waals surface area contributed by atoms with Gasteiger partial charge in [-0.25, -0.2) is 4.79 Å². The van der Waals surface area contributed by atoms with Gasteiger partial charge in [0.1, 0.15) is 0 Å². The van der Waals surface area contributed by atoms with Crippen molar-refractivity contribution >= 4 is 12.0 Å². The van der Waals surface area contributed by atoms with Crippen LogP contribution in [0.5, 0.6) is 0 Å². The zero-order valence-corrected chi connectivity index (χ0v) is 9.89. The lowest BCUT2D eigenvalue weighted by molar-refractivity contribution is -0.146. The van der Waals surface area contributed by atoms with Gasteiger partial charge in [-0.2, -0.15) is 0 Å². The summed E-state index contributed by atoms with van der Waals surface area (Å²) in [6, 6.07) is -0.209. The Morgan fingerprint density at radius 1 is 1.47 bits per heavy atom. The van der Waals surface area contributed by atoms with Gasteiger partial charge >= 0.3 is 12.0 Å². The first-order valence-corrected chi connectivity index (χ1v) is 5.98. The SMILES string of the molecule is CC(NC(=O)N1CC(C(=O)O)C1)C1CCCO1. The van der Waals surface area contributed by atoms with Crippen molar-refractivity contribution in [1.82, 2.24) is 10.2 Å². The second kappa shape index (κ2) is 4.91. The molecule has 0 bridgehead atoms. The zero-order chi connectivity index (χ0) is 12.4. The summed E-state index contributed by atoms with van der Waals surface area (Å²) in [7, 11) is 0. The summed E-state index contributed by atoms with van der Waals surface area (Å²) in [6.07, 6.45) is 2.10. The summed E-state index contributed by atoms with van der Waals surface area (Å²) in [5.41, 5.74) is 0. The van der Waals surface area contributed by atoms with Gasteiger partial charge in [0.15, 0.2) is 0 Å². The number of amides is 2. The van der Waals surface area contributed by atoms with Crippen LogP contribution in [-0.2, 0) is 9.53 Å². The normalized spacial score (nSPS) is 26.4. The fourth-order valence-corrected chi connectivity index (χ4v) is 2.18. The Bertz CT molecular complexity index is 309. The number of ether oxygens (including phenoxy) is 1. The molecule has 0 aromatic rings. The number of rotatable bonds is 3. The Labute approximate surface area is 99.9 Å². The van der Waals surface area contributed by atoms with Crippen molar-refractivity contribution in [1.29, 1.82) is 0 Å². The smallest absolute Gasteiger partial charge is 0.317 e. The zero-order valence-electron chi connectivity index (χ0n) is 9.89. The predicted molar refractivity (Wildman–Crippen MR) is 59.7 cm³/mol. The average molecular weight is 242 g/mol. The molecule has 2 atom stereocenters. The number of carboxylic acids is 1. The number of nitrogens with one attached hydrogen (secondary N) is 1. The molecule has 2 aliphatic heterocycles. The summed E-state index contributed by atoms with van der Waals surface area (Å²) in [5.74, 6) is -1.24. The van der Waals surface area contributed by atoms with Crippen LogP contribution in [0.1, 0.15) is 19.8 Å². The van der Waals surface area contributed by atoms with Gasteiger partial charge in [-0.15, -0.1) is 0 Å². The van der Waals surface area contributed by atoms with Crippen LogP contribution in [0.2, 0.25) is 0 Å². The van der Waals surface area contributed by atoms with Gasteiger partial charge in [-0.1, -0.05) is 0 Å². The first-order valence-electron chi connectivity index (χ1n) is 5.98. The lowest BCUT2D eigenvalue weighted by Crippen LogP contribution is -2.58. The van der Waals surface area contributed by atoms with Crippen LogP contribution in [0.15, 0.2) is 0 Å². The van der Waals surface area contributed by atoms with Gasteiger partial charge in [-0.3, -0.25) is 4.79 Å². The molecule has 0 aromatic carbocycles. The van der Waals surface area contributed by atoms with Crippen molar-refractivity contribution in [3.63, 3.8) is 0 Å². The topological polar surface area (TPSA) is 78.9 Å². The minimum atomic E-state index is -0.832. The predicted octanol–water partition coefficient (Wildman–Crippen LogP) is 0.280. The van der Waals surface area contributed by atoms with Crippen LogP contribution in [0.4, 0.5) is 4.79 Å². The molecule has 96 valence electrons. The third kappa shape index (κ3) is 2.69. The van der Waals surface area contributed by atoms with Gasteiger partial charge in [0.2, 0.25) is 0 Å². The maximum Gasteiger partial charge on any atom is 0.317 e. The van der Waals surface area contributed by atoms with E-state index in [9.17, 15) is 9.59 Å². The van der Waals surface area contributed by atoms with Crippen LogP contribution in [0.3, 0.4) is 0 Å². The second-order valence-electron chi connectivity index (χ2n) is 4.73. The fraction of sp³-hybridized carbons (Fsp3) is 0.818. The number of carbonyl (C=O) groups excluding carboxylic acids is 1. The summed E-state index contributed by atoms with van der Waals surface area (Å²) in [5, 5.41) is 11.6. The molecule has 0 saturated carbocycles. The number of aliphatic carboxylic acids is 1. The van der Waals surface area contributed by atoms with E-state index in [0.29, 0.717) is 13.1 Å². The monoisotopic (exact) mass is 242 g/mol. The number of urea groups is 1. The molecule has 0 aromatic heterocycles. The molecule has 0 spiro atoms. The molecule has 0 aliphatic carbocycles. The molecule has 2 heterocycles. The molecule has 6 nitrogen and oxygen atoms in total. The average Bonchev–Trinajstić information content (AvgIpc) is 2.66. The number of hydrogen-bond donors (Lipinski definition) is 2. The van der Waals surface area contributed by atoms with E-state index in [-0.39, 0.29) is 18.2 Å². The van der Waals surface area contributed by atoms with Crippen LogP contribution < -0.4 is 5.32 Å². The van der Waals surface area contributed by atoms with Crippen LogP contribution in [-0.4, -0.2) is 53.8 Å². The number of hydrogen-bond acceptors (Lipinski definition) is 3. The van der Waals surface area contributed by atoms with E-state index in [1.807, 2.05) is 6.92 Å². The Hall–Kier alpha value is -1.30. The highest BCUT2D eigenvalue weighted by molar-refractivity contribution is 5.79. The Morgan fingerprint density at radius 2 is 2.18 bits per heavy atom. The minimum absolute atomic E-state index is 0.0196. The van der Waals surface area contributed by atoms with Gasteiger partial charge in [-0.05, 0) is 19.8 Å². The largest absolute Gasteiger partial charge is 0.481 e. The van der Waals surface area contributed by atoms with Crippen LogP contribution in [0.25, 0.3) is 0 Å². The maximum absolute atomic E-state index is 11.7. The third-order valence-electron chi connectivity index (χ3n) is 3.39. The van der Waals surface area contributed by atoms with Gasteiger partial charge in [0.05, 0.1) is 18.1 Å². The molecular weight excluding hydrogens is 224 g/mol. The van der Waals surface area contributed by atoms with Crippen molar-refractivity contribution in [2.24, 2.45) is 5.92 Å². The molecule has 2 fully saturated rings. The van der Waals surface area contributed by atoms with Gasteiger partial charge in [0.25, 0.3) is 0 Å². The molecule has 6 heteroatoms. The highest BCUT2D eigenvalue weighted by Crippen LogP contribution is 2.18. The molecule has 2 N–H and O–H groups in total. The Balaban J connectivity index is 1.72. The van der Waals surface area contributed by atoms with Crippen molar-refractivity contribution in [2.75, 3.05) is 19.7 Å². The van der Waals surface area contributed by atoms with Crippen molar-refractivity contribution < 1.29 is 19.4 Å². The first-order chi connectivity index (χ1) is 8.08. The summed E-state index contributed by atoms with van der Waals surface area (Å²) < 4.78 is 5.48. The summed E-state index contributed by atoms with van der Waals surface area (Å²) in [4.78, 5) is 23.8. The van der Waals surface area contributed by atoms with Crippen LogP contribution in [0, 0.1) is 5.92 Å².